The molecule has 5 rings (SSSR count). The summed E-state index contributed by atoms with van der Waals surface area (Å²) in [5.74, 6) is 0.532. The molecule has 1 saturated carbocycles. The van der Waals surface area contributed by atoms with E-state index in [-0.39, 0.29) is 17.5 Å². The van der Waals surface area contributed by atoms with Crippen molar-refractivity contribution in [1.29, 1.82) is 0 Å². The number of likely N-dealkylation sites (tertiary alicyclic amines) is 1. The highest BCUT2D eigenvalue weighted by Crippen LogP contribution is 2.46. The molecular weight excluding hydrogens is 491 g/mol. The first-order valence-electron chi connectivity index (χ1n) is 13.7. The fourth-order valence-corrected chi connectivity index (χ4v) is 6.46. The van der Waals surface area contributed by atoms with Gasteiger partial charge in [0, 0.05) is 50.3 Å². The normalized spacial score (nSPS) is 23.9. The van der Waals surface area contributed by atoms with E-state index < -0.39 is 11.7 Å². The Hall–Kier alpha value is -2.52. The summed E-state index contributed by atoms with van der Waals surface area (Å²) in [6, 6.07) is 6.28. The predicted octanol–water partition coefficient (Wildman–Crippen LogP) is 5.26. The van der Waals surface area contributed by atoms with Gasteiger partial charge >= 0.3 is 6.18 Å². The van der Waals surface area contributed by atoms with Crippen LogP contribution in [0, 0.1) is 19.8 Å². The molecule has 0 N–H and O–H groups in total. The van der Waals surface area contributed by atoms with Crippen molar-refractivity contribution in [2.75, 3.05) is 32.7 Å². The molecule has 9 heteroatoms. The molecule has 0 radical (unpaired) electrons. The number of nitrogens with zero attached hydrogens (tertiary/aromatic N) is 5. The van der Waals surface area contributed by atoms with Gasteiger partial charge in [0.1, 0.15) is 6.33 Å². The summed E-state index contributed by atoms with van der Waals surface area (Å²) >= 11 is 0. The summed E-state index contributed by atoms with van der Waals surface area (Å²) in [5.41, 5.74) is 2.48. The molecule has 2 saturated heterocycles. The monoisotopic (exact) mass is 529 g/mol. The number of alkyl halides is 3. The lowest BCUT2D eigenvalue weighted by molar-refractivity contribution is -0.137. The minimum atomic E-state index is -4.31. The van der Waals surface area contributed by atoms with Gasteiger partial charge < -0.3 is 4.90 Å². The van der Waals surface area contributed by atoms with E-state index in [1.807, 2.05) is 18.7 Å². The Morgan fingerprint density at radius 1 is 1.00 bits per heavy atom. The number of benzene rings is 1. The summed E-state index contributed by atoms with van der Waals surface area (Å²) in [6.45, 7) is 12.4. The number of carbonyl (C=O) groups excluding carboxylic acids is 1. The molecule has 0 spiro atoms. The molecule has 2 atom stereocenters. The van der Waals surface area contributed by atoms with Crippen molar-refractivity contribution >= 4 is 5.91 Å². The van der Waals surface area contributed by atoms with Gasteiger partial charge in [-0.05, 0) is 77.0 Å². The molecule has 2 aromatic rings. The van der Waals surface area contributed by atoms with Crippen molar-refractivity contribution < 1.29 is 18.0 Å². The fraction of sp³-hybridized carbons (Fsp3) is 0.621. The first kappa shape index (κ1) is 27.1. The zero-order chi connectivity index (χ0) is 27.2. The Morgan fingerprint density at radius 2 is 1.61 bits per heavy atom. The van der Waals surface area contributed by atoms with E-state index in [9.17, 15) is 18.0 Å². The second-order valence-electron chi connectivity index (χ2n) is 11.6. The number of piperidine rings is 1. The van der Waals surface area contributed by atoms with E-state index in [1.165, 1.54) is 18.5 Å². The number of hydrogen-bond donors (Lipinski definition) is 0. The molecule has 1 aliphatic carbocycles. The van der Waals surface area contributed by atoms with Crippen LogP contribution in [0.4, 0.5) is 13.2 Å². The van der Waals surface area contributed by atoms with E-state index in [4.69, 9.17) is 0 Å². The molecule has 3 heterocycles. The van der Waals surface area contributed by atoms with Crippen molar-refractivity contribution in [1.82, 2.24) is 24.7 Å². The molecule has 6 nitrogen and oxygen atoms in total. The summed E-state index contributed by atoms with van der Waals surface area (Å²) in [6.07, 6.45) is 1.26. The first-order valence-corrected chi connectivity index (χ1v) is 13.7. The van der Waals surface area contributed by atoms with Crippen LogP contribution in [0.25, 0.3) is 0 Å². The van der Waals surface area contributed by atoms with E-state index in [2.05, 4.69) is 33.6 Å². The van der Waals surface area contributed by atoms with Crippen LogP contribution in [0.1, 0.15) is 78.4 Å². The topological polar surface area (TPSA) is 52.6 Å². The number of carbonyl (C=O) groups is 1. The third-order valence-electron chi connectivity index (χ3n) is 9.02. The molecule has 2 aliphatic heterocycles. The van der Waals surface area contributed by atoms with Crippen LogP contribution < -0.4 is 0 Å². The molecule has 3 aliphatic rings. The summed E-state index contributed by atoms with van der Waals surface area (Å²) in [4.78, 5) is 28.7. The maximum atomic E-state index is 13.2. The van der Waals surface area contributed by atoms with Crippen molar-refractivity contribution in [3.05, 3.63) is 58.7 Å². The zero-order valence-corrected chi connectivity index (χ0v) is 22.8. The molecule has 3 fully saturated rings. The maximum Gasteiger partial charge on any atom is 0.416 e. The van der Waals surface area contributed by atoms with Crippen LogP contribution in [-0.2, 0) is 6.18 Å². The van der Waals surface area contributed by atoms with Gasteiger partial charge in [-0.3, -0.25) is 14.6 Å². The third-order valence-corrected chi connectivity index (χ3v) is 9.02. The lowest BCUT2D eigenvalue weighted by atomic mass is 9.85. The van der Waals surface area contributed by atoms with E-state index in [0.29, 0.717) is 30.6 Å². The summed E-state index contributed by atoms with van der Waals surface area (Å²) in [5, 5.41) is 0. The molecular formula is C29H38F3N5O. The van der Waals surface area contributed by atoms with Gasteiger partial charge in [-0.25, -0.2) is 9.97 Å². The second-order valence-corrected chi connectivity index (χ2v) is 11.6. The molecule has 1 aromatic carbocycles. The SMILES string of the molecule is Cc1ncnc(C)c1C(=O)N1CCC(C)(N2CCN([C@H](c3ccc(C(F)(F)F)cc3)C3CC3)[C@@H](C)C2)CC1. The summed E-state index contributed by atoms with van der Waals surface area (Å²) in [7, 11) is 0. The molecule has 0 bridgehead atoms. The van der Waals surface area contributed by atoms with Crippen molar-refractivity contribution in [3.63, 3.8) is 0 Å². The predicted molar refractivity (Wildman–Crippen MR) is 140 cm³/mol. The third kappa shape index (κ3) is 5.32. The van der Waals surface area contributed by atoms with Crippen LogP contribution in [-0.4, -0.2) is 74.9 Å². The number of aryl methyl sites for hydroxylation is 2. The standard InChI is InChI=1S/C29H38F3N5O/c1-19-17-36(28(4)11-13-35(14-12-28)27(38)25-20(2)33-18-34-21(25)3)15-16-37(19)26(22-5-6-22)23-7-9-24(10-8-23)29(30,31)32/h7-10,18-19,22,26H,5-6,11-17H2,1-4H3/t19-,26-/m0/s1. The number of hydrogen-bond acceptors (Lipinski definition) is 5. The maximum absolute atomic E-state index is 13.2. The molecule has 0 unspecified atom stereocenters. The molecule has 1 aromatic heterocycles. The quantitative estimate of drug-likeness (QED) is 0.529. The average molecular weight is 530 g/mol. The summed E-state index contributed by atoms with van der Waals surface area (Å²) < 4.78 is 39.3. The lowest BCUT2D eigenvalue weighted by Gasteiger charge is -2.53. The van der Waals surface area contributed by atoms with Gasteiger partial charge in [0.25, 0.3) is 5.91 Å². The van der Waals surface area contributed by atoms with Gasteiger partial charge in [-0.2, -0.15) is 13.2 Å². The first-order chi connectivity index (χ1) is 18.0. The van der Waals surface area contributed by atoms with Gasteiger partial charge in [0.2, 0.25) is 0 Å². The second kappa shape index (κ2) is 10.2. The number of piperazine rings is 1. The Morgan fingerprint density at radius 3 is 2.13 bits per heavy atom. The van der Waals surface area contributed by atoms with Crippen LogP contribution in [0.15, 0.2) is 30.6 Å². The van der Waals surface area contributed by atoms with Gasteiger partial charge in [0.15, 0.2) is 0 Å². The smallest absolute Gasteiger partial charge is 0.338 e. The Balaban J connectivity index is 1.23. The molecule has 38 heavy (non-hydrogen) atoms. The average Bonchev–Trinajstić information content (AvgIpc) is 3.70. The fourth-order valence-electron chi connectivity index (χ4n) is 6.46. The Kier molecular flexibility index (Phi) is 7.28. The van der Waals surface area contributed by atoms with Gasteiger partial charge in [-0.15, -0.1) is 0 Å². The van der Waals surface area contributed by atoms with Crippen LogP contribution in [0.2, 0.25) is 0 Å². The minimum absolute atomic E-state index is 0.0117. The van der Waals surface area contributed by atoms with Crippen molar-refractivity contribution in [2.24, 2.45) is 5.92 Å². The molecule has 206 valence electrons. The van der Waals surface area contributed by atoms with E-state index in [0.717, 1.165) is 62.3 Å². The zero-order valence-electron chi connectivity index (χ0n) is 22.8. The number of amides is 1. The van der Waals surface area contributed by atoms with Crippen molar-refractivity contribution in [2.45, 2.75) is 77.2 Å². The lowest BCUT2D eigenvalue weighted by Crippen LogP contribution is -2.62. The molecule has 1 amide bonds. The van der Waals surface area contributed by atoms with Crippen LogP contribution in [0.3, 0.4) is 0 Å². The highest BCUT2D eigenvalue weighted by Gasteiger charge is 2.44. The Bertz CT molecular complexity index is 1140. The highest BCUT2D eigenvalue weighted by molar-refractivity contribution is 5.96. The number of halogens is 3. The van der Waals surface area contributed by atoms with Crippen LogP contribution >= 0.6 is 0 Å². The largest absolute Gasteiger partial charge is 0.416 e. The number of rotatable bonds is 5. The Labute approximate surface area is 223 Å². The van der Waals surface area contributed by atoms with Crippen LogP contribution in [0.5, 0.6) is 0 Å². The van der Waals surface area contributed by atoms with E-state index in [1.54, 1.807) is 12.1 Å². The number of aromatic nitrogens is 2. The minimum Gasteiger partial charge on any atom is -0.338 e. The van der Waals surface area contributed by atoms with E-state index >= 15 is 0 Å². The van der Waals surface area contributed by atoms with Gasteiger partial charge in [0.05, 0.1) is 22.5 Å². The van der Waals surface area contributed by atoms with Crippen molar-refractivity contribution in [3.8, 4) is 0 Å². The highest BCUT2D eigenvalue weighted by atomic mass is 19.4. The van der Waals surface area contributed by atoms with Gasteiger partial charge in [-0.1, -0.05) is 12.1 Å².